The van der Waals surface area contributed by atoms with Gasteiger partial charge in [-0.25, -0.2) is 0 Å². The minimum atomic E-state index is 0.584. The van der Waals surface area contributed by atoms with Crippen LogP contribution in [0.4, 0.5) is 0 Å². The van der Waals surface area contributed by atoms with E-state index in [1.165, 1.54) is 43.0 Å². The highest BCUT2D eigenvalue weighted by molar-refractivity contribution is 8.13. The van der Waals surface area contributed by atoms with Crippen LogP contribution in [0.3, 0.4) is 0 Å². The summed E-state index contributed by atoms with van der Waals surface area (Å²) in [5.41, 5.74) is 0. The average molecular weight is 268 g/mol. The standard InChI is InChI=1S/C15H28N2S/c1-4-13-5-7-14(8-6-13)9-16-15-17-12(3)11(2)10-18-15/h11-14H,4-10H2,1-3H3,(H,16,17). The van der Waals surface area contributed by atoms with Crippen molar-refractivity contribution >= 4 is 16.9 Å². The number of nitrogens with zero attached hydrogens (tertiary/aromatic N) is 1. The summed E-state index contributed by atoms with van der Waals surface area (Å²) in [7, 11) is 0. The third-order valence-electron chi connectivity index (χ3n) is 4.72. The fourth-order valence-corrected chi connectivity index (χ4v) is 4.00. The molecule has 1 saturated carbocycles. The van der Waals surface area contributed by atoms with Gasteiger partial charge in [-0.2, -0.15) is 0 Å². The van der Waals surface area contributed by atoms with E-state index in [4.69, 9.17) is 4.99 Å². The van der Waals surface area contributed by atoms with Crippen molar-refractivity contribution in [1.82, 2.24) is 5.32 Å². The van der Waals surface area contributed by atoms with Gasteiger partial charge in [0.2, 0.25) is 0 Å². The molecule has 2 nitrogen and oxygen atoms in total. The van der Waals surface area contributed by atoms with Gasteiger partial charge in [-0.3, -0.25) is 4.99 Å². The zero-order chi connectivity index (χ0) is 13.0. The maximum absolute atomic E-state index is 4.81. The molecule has 0 aromatic carbocycles. The Balaban J connectivity index is 1.74. The van der Waals surface area contributed by atoms with Gasteiger partial charge >= 0.3 is 0 Å². The Labute approximate surface area is 116 Å². The number of rotatable bonds is 3. The molecule has 104 valence electrons. The van der Waals surface area contributed by atoms with E-state index in [2.05, 4.69) is 26.1 Å². The van der Waals surface area contributed by atoms with Gasteiger partial charge in [0, 0.05) is 18.3 Å². The molecule has 2 fully saturated rings. The first-order valence-electron chi connectivity index (χ1n) is 7.62. The minimum absolute atomic E-state index is 0.584. The largest absolute Gasteiger partial charge is 0.362 e. The second kappa shape index (κ2) is 6.83. The summed E-state index contributed by atoms with van der Waals surface area (Å²) < 4.78 is 0. The smallest absolute Gasteiger partial charge is 0.156 e. The molecule has 1 heterocycles. The van der Waals surface area contributed by atoms with Gasteiger partial charge < -0.3 is 5.32 Å². The second-order valence-electron chi connectivity index (χ2n) is 6.16. The molecule has 0 aromatic heterocycles. The van der Waals surface area contributed by atoms with Crippen LogP contribution in [0.25, 0.3) is 0 Å². The first-order chi connectivity index (χ1) is 8.69. The van der Waals surface area contributed by atoms with Crippen molar-refractivity contribution < 1.29 is 0 Å². The van der Waals surface area contributed by atoms with Crippen LogP contribution in [0.2, 0.25) is 0 Å². The van der Waals surface area contributed by atoms with Crippen molar-refractivity contribution in [2.24, 2.45) is 22.7 Å². The number of nitrogens with one attached hydrogen (secondary N) is 1. The zero-order valence-corrected chi connectivity index (χ0v) is 12.9. The Kier molecular flexibility index (Phi) is 5.40. The normalized spacial score (nSPS) is 39.6. The van der Waals surface area contributed by atoms with Crippen molar-refractivity contribution in [3.63, 3.8) is 0 Å². The van der Waals surface area contributed by atoms with E-state index >= 15 is 0 Å². The summed E-state index contributed by atoms with van der Waals surface area (Å²) in [6.45, 7) is 7.96. The highest BCUT2D eigenvalue weighted by Gasteiger charge is 2.22. The van der Waals surface area contributed by atoms with Crippen molar-refractivity contribution in [2.45, 2.75) is 58.9 Å². The van der Waals surface area contributed by atoms with Crippen LogP contribution in [0.1, 0.15) is 52.9 Å². The first kappa shape index (κ1) is 14.2. The monoisotopic (exact) mass is 268 g/mol. The summed E-state index contributed by atoms with van der Waals surface area (Å²) >= 11 is 1.91. The molecule has 1 aliphatic heterocycles. The fraction of sp³-hybridized carbons (Fsp3) is 0.933. The zero-order valence-electron chi connectivity index (χ0n) is 12.1. The molecule has 0 spiro atoms. The number of thioether (sulfide) groups is 1. The molecule has 1 aliphatic carbocycles. The maximum atomic E-state index is 4.81. The van der Waals surface area contributed by atoms with Gasteiger partial charge in [-0.1, -0.05) is 44.9 Å². The lowest BCUT2D eigenvalue weighted by atomic mass is 9.81. The maximum Gasteiger partial charge on any atom is 0.156 e. The van der Waals surface area contributed by atoms with Crippen molar-refractivity contribution in [3.8, 4) is 0 Å². The number of amidine groups is 1. The molecule has 0 amide bonds. The van der Waals surface area contributed by atoms with Crippen LogP contribution in [0, 0.1) is 17.8 Å². The van der Waals surface area contributed by atoms with E-state index in [0.29, 0.717) is 6.04 Å². The molecule has 1 saturated heterocycles. The molecule has 3 heteroatoms. The predicted molar refractivity (Wildman–Crippen MR) is 82.3 cm³/mol. The van der Waals surface area contributed by atoms with Crippen molar-refractivity contribution in [2.75, 3.05) is 12.3 Å². The van der Waals surface area contributed by atoms with Crippen LogP contribution >= 0.6 is 11.8 Å². The highest BCUT2D eigenvalue weighted by Crippen LogP contribution is 2.31. The first-order valence-corrected chi connectivity index (χ1v) is 8.61. The summed E-state index contributed by atoms with van der Waals surface area (Å²) in [6.07, 6.45) is 7.02. The van der Waals surface area contributed by atoms with E-state index in [0.717, 1.165) is 24.3 Å². The molecule has 1 N–H and O–H groups in total. The summed E-state index contributed by atoms with van der Waals surface area (Å²) in [6, 6.07) is 0.584. The lowest BCUT2D eigenvalue weighted by Gasteiger charge is -2.30. The van der Waals surface area contributed by atoms with Crippen LogP contribution in [-0.2, 0) is 0 Å². The average Bonchev–Trinajstić information content (AvgIpc) is 2.41. The Bertz CT molecular complexity index is 282. The predicted octanol–water partition coefficient (Wildman–Crippen LogP) is 3.92. The van der Waals surface area contributed by atoms with Crippen LogP contribution in [0.15, 0.2) is 4.99 Å². The lowest BCUT2D eigenvalue weighted by molar-refractivity contribution is 0.274. The van der Waals surface area contributed by atoms with Crippen molar-refractivity contribution in [1.29, 1.82) is 0 Å². The third kappa shape index (κ3) is 3.91. The molecular formula is C15H28N2S. The Morgan fingerprint density at radius 3 is 2.44 bits per heavy atom. The van der Waals surface area contributed by atoms with E-state index < -0.39 is 0 Å². The molecule has 2 rings (SSSR count). The molecular weight excluding hydrogens is 240 g/mol. The molecule has 0 aromatic rings. The summed E-state index contributed by atoms with van der Waals surface area (Å²) in [5.74, 6) is 3.82. The number of hydrogen-bond acceptors (Lipinski definition) is 2. The SMILES string of the molecule is CCC1CCC(CN=C2NC(C)C(C)CS2)CC1. The fourth-order valence-electron chi connectivity index (χ4n) is 2.86. The van der Waals surface area contributed by atoms with Crippen LogP contribution < -0.4 is 5.32 Å². The van der Waals surface area contributed by atoms with Gasteiger partial charge in [0.25, 0.3) is 0 Å². The Morgan fingerprint density at radius 2 is 1.83 bits per heavy atom. The molecule has 2 unspecified atom stereocenters. The highest BCUT2D eigenvalue weighted by atomic mass is 32.2. The molecule has 2 atom stereocenters. The van der Waals surface area contributed by atoms with E-state index in [1.807, 2.05) is 11.8 Å². The third-order valence-corrected chi connectivity index (χ3v) is 5.94. The summed E-state index contributed by atoms with van der Waals surface area (Å²) in [4.78, 5) is 4.81. The summed E-state index contributed by atoms with van der Waals surface area (Å²) in [5, 5.41) is 4.73. The molecule has 0 radical (unpaired) electrons. The quantitative estimate of drug-likeness (QED) is 0.839. The second-order valence-corrected chi connectivity index (χ2v) is 7.17. The van der Waals surface area contributed by atoms with E-state index in [1.54, 1.807) is 0 Å². The van der Waals surface area contributed by atoms with Gasteiger partial charge in [-0.15, -0.1) is 0 Å². The van der Waals surface area contributed by atoms with Gasteiger partial charge in [0.1, 0.15) is 0 Å². The van der Waals surface area contributed by atoms with Crippen molar-refractivity contribution in [3.05, 3.63) is 0 Å². The van der Waals surface area contributed by atoms with Gasteiger partial charge in [-0.05, 0) is 37.5 Å². The van der Waals surface area contributed by atoms with Crippen LogP contribution in [-0.4, -0.2) is 23.5 Å². The Morgan fingerprint density at radius 1 is 1.17 bits per heavy atom. The molecule has 2 aliphatic rings. The lowest BCUT2D eigenvalue weighted by Crippen LogP contribution is -2.41. The Hall–Kier alpha value is -0.180. The number of aliphatic imine (C=N–C) groups is 1. The minimum Gasteiger partial charge on any atom is -0.362 e. The van der Waals surface area contributed by atoms with Gasteiger partial charge in [0.15, 0.2) is 5.17 Å². The number of hydrogen-bond donors (Lipinski definition) is 1. The van der Waals surface area contributed by atoms with Gasteiger partial charge in [0.05, 0.1) is 0 Å². The topological polar surface area (TPSA) is 24.4 Å². The van der Waals surface area contributed by atoms with Crippen LogP contribution in [0.5, 0.6) is 0 Å². The van der Waals surface area contributed by atoms with E-state index in [9.17, 15) is 0 Å². The molecule has 18 heavy (non-hydrogen) atoms. The molecule has 0 bridgehead atoms. The van der Waals surface area contributed by atoms with E-state index in [-0.39, 0.29) is 0 Å².